The second kappa shape index (κ2) is 5.40. The van der Waals surface area contributed by atoms with E-state index in [4.69, 9.17) is 5.73 Å². The molecule has 1 saturated carbocycles. The zero-order valence-corrected chi connectivity index (χ0v) is 11.6. The summed E-state index contributed by atoms with van der Waals surface area (Å²) in [6.07, 6.45) is 6.49. The maximum absolute atomic E-state index is 10.9. The molecule has 2 atom stereocenters. The number of anilines is 1. The number of nitrogens with two attached hydrogens (primary N) is 1. The first kappa shape index (κ1) is 13.4. The summed E-state index contributed by atoms with van der Waals surface area (Å²) in [5, 5.41) is 10.9. The van der Waals surface area contributed by atoms with Crippen LogP contribution < -0.4 is 5.73 Å². The standard InChI is InChI=1S/C15H21N3O2/c16-14-7-6-13(18(19)20)9-12(14)10-17-8-2-4-11-3-1-5-15(11)17/h6-7,9,11,15H,1-5,8,10,16H2. The van der Waals surface area contributed by atoms with Crippen LogP contribution in [0.4, 0.5) is 11.4 Å². The quantitative estimate of drug-likeness (QED) is 0.523. The Morgan fingerprint density at radius 3 is 2.90 bits per heavy atom. The first-order valence-electron chi connectivity index (χ1n) is 7.42. The van der Waals surface area contributed by atoms with Crippen LogP contribution in [0.1, 0.15) is 37.7 Å². The van der Waals surface area contributed by atoms with Crippen molar-refractivity contribution in [1.29, 1.82) is 0 Å². The molecule has 3 rings (SSSR count). The number of nitrogens with zero attached hydrogens (tertiary/aromatic N) is 2. The molecule has 5 heteroatoms. The molecule has 2 fully saturated rings. The zero-order valence-electron chi connectivity index (χ0n) is 11.6. The summed E-state index contributed by atoms with van der Waals surface area (Å²) in [4.78, 5) is 13.0. The first-order chi connectivity index (χ1) is 9.65. The Hall–Kier alpha value is -1.62. The second-order valence-corrected chi connectivity index (χ2v) is 6.01. The van der Waals surface area contributed by atoms with Gasteiger partial charge in [0.2, 0.25) is 0 Å². The molecule has 0 spiro atoms. The topological polar surface area (TPSA) is 72.4 Å². The predicted molar refractivity (Wildman–Crippen MR) is 78.3 cm³/mol. The maximum atomic E-state index is 10.9. The Balaban J connectivity index is 1.79. The van der Waals surface area contributed by atoms with E-state index in [9.17, 15) is 10.1 Å². The van der Waals surface area contributed by atoms with E-state index in [1.165, 1.54) is 38.2 Å². The van der Waals surface area contributed by atoms with Crippen molar-refractivity contribution in [3.05, 3.63) is 33.9 Å². The summed E-state index contributed by atoms with van der Waals surface area (Å²) < 4.78 is 0. The molecule has 2 unspecified atom stereocenters. The number of nitro groups is 1. The molecule has 5 nitrogen and oxygen atoms in total. The second-order valence-electron chi connectivity index (χ2n) is 6.01. The zero-order chi connectivity index (χ0) is 14.1. The van der Waals surface area contributed by atoms with Crippen LogP contribution in [0.3, 0.4) is 0 Å². The Labute approximate surface area is 118 Å². The van der Waals surface area contributed by atoms with Gasteiger partial charge in [-0.2, -0.15) is 0 Å². The Morgan fingerprint density at radius 1 is 1.30 bits per heavy atom. The lowest BCUT2D eigenvalue weighted by Gasteiger charge is -2.38. The minimum absolute atomic E-state index is 0.134. The van der Waals surface area contributed by atoms with Gasteiger partial charge in [0, 0.05) is 30.4 Å². The van der Waals surface area contributed by atoms with E-state index in [1.54, 1.807) is 12.1 Å². The van der Waals surface area contributed by atoms with Crippen LogP contribution >= 0.6 is 0 Å². The summed E-state index contributed by atoms with van der Waals surface area (Å²) in [6.45, 7) is 1.83. The molecule has 2 aliphatic rings. The van der Waals surface area contributed by atoms with Crippen LogP contribution in [-0.4, -0.2) is 22.4 Å². The van der Waals surface area contributed by atoms with Gasteiger partial charge < -0.3 is 5.73 Å². The third kappa shape index (κ3) is 2.50. The normalized spacial score (nSPS) is 26.4. The van der Waals surface area contributed by atoms with E-state index in [1.807, 2.05) is 0 Å². The smallest absolute Gasteiger partial charge is 0.269 e. The van der Waals surface area contributed by atoms with Crippen molar-refractivity contribution >= 4 is 11.4 Å². The minimum atomic E-state index is -0.350. The molecule has 1 aliphatic carbocycles. The Kier molecular flexibility index (Phi) is 3.61. The van der Waals surface area contributed by atoms with Crippen LogP contribution in [0.15, 0.2) is 18.2 Å². The van der Waals surface area contributed by atoms with Crippen molar-refractivity contribution in [3.8, 4) is 0 Å². The molecule has 1 aromatic carbocycles. The van der Waals surface area contributed by atoms with Gasteiger partial charge in [-0.1, -0.05) is 6.42 Å². The fourth-order valence-electron chi connectivity index (χ4n) is 3.81. The first-order valence-corrected chi connectivity index (χ1v) is 7.42. The van der Waals surface area contributed by atoms with Gasteiger partial charge in [-0.05, 0) is 49.8 Å². The van der Waals surface area contributed by atoms with Crippen molar-refractivity contribution in [3.63, 3.8) is 0 Å². The van der Waals surface area contributed by atoms with Crippen LogP contribution in [0, 0.1) is 16.0 Å². The van der Waals surface area contributed by atoms with Gasteiger partial charge in [0.25, 0.3) is 5.69 Å². The number of non-ortho nitro benzene ring substituents is 1. The highest BCUT2D eigenvalue weighted by Crippen LogP contribution is 2.38. The van der Waals surface area contributed by atoms with Gasteiger partial charge in [-0.15, -0.1) is 0 Å². The van der Waals surface area contributed by atoms with E-state index in [0.717, 1.165) is 24.6 Å². The fraction of sp³-hybridized carbons (Fsp3) is 0.600. The molecule has 1 aromatic rings. The van der Waals surface area contributed by atoms with Crippen molar-refractivity contribution in [2.24, 2.45) is 5.92 Å². The van der Waals surface area contributed by atoms with Gasteiger partial charge >= 0.3 is 0 Å². The summed E-state index contributed by atoms with van der Waals surface area (Å²) in [6, 6.07) is 5.42. The predicted octanol–water partition coefficient (Wildman–Crippen LogP) is 2.94. The third-order valence-corrected chi connectivity index (χ3v) is 4.82. The number of hydrogen-bond acceptors (Lipinski definition) is 4. The average Bonchev–Trinajstić information content (AvgIpc) is 2.90. The number of hydrogen-bond donors (Lipinski definition) is 1. The molecule has 20 heavy (non-hydrogen) atoms. The number of rotatable bonds is 3. The summed E-state index contributed by atoms with van der Waals surface area (Å²) in [5.74, 6) is 0.823. The molecule has 1 aliphatic heterocycles. The molecule has 0 radical (unpaired) electrons. The lowest BCUT2D eigenvalue weighted by molar-refractivity contribution is -0.384. The van der Waals surface area contributed by atoms with Crippen molar-refractivity contribution in [2.75, 3.05) is 12.3 Å². The highest BCUT2D eigenvalue weighted by atomic mass is 16.6. The maximum Gasteiger partial charge on any atom is 0.269 e. The van der Waals surface area contributed by atoms with Gasteiger partial charge in [0.05, 0.1) is 4.92 Å². The summed E-state index contributed by atoms with van der Waals surface area (Å²) >= 11 is 0. The third-order valence-electron chi connectivity index (χ3n) is 4.82. The largest absolute Gasteiger partial charge is 0.398 e. The number of fused-ring (bicyclic) bond motifs is 1. The lowest BCUT2D eigenvalue weighted by atomic mass is 9.91. The van der Waals surface area contributed by atoms with E-state index < -0.39 is 0 Å². The highest BCUT2D eigenvalue weighted by Gasteiger charge is 2.34. The Morgan fingerprint density at radius 2 is 2.10 bits per heavy atom. The molecule has 2 N–H and O–H groups in total. The number of nitro benzene ring substituents is 1. The lowest BCUT2D eigenvalue weighted by Crippen LogP contribution is -2.42. The summed E-state index contributed by atoms with van der Waals surface area (Å²) in [7, 11) is 0. The highest BCUT2D eigenvalue weighted by molar-refractivity contribution is 5.52. The van der Waals surface area contributed by atoms with Gasteiger partial charge in [-0.3, -0.25) is 15.0 Å². The van der Waals surface area contributed by atoms with Crippen LogP contribution in [0.5, 0.6) is 0 Å². The van der Waals surface area contributed by atoms with E-state index in [0.29, 0.717) is 11.7 Å². The molecular weight excluding hydrogens is 254 g/mol. The van der Waals surface area contributed by atoms with E-state index >= 15 is 0 Å². The number of nitrogen functional groups attached to an aromatic ring is 1. The fourth-order valence-corrected chi connectivity index (χ4v) is 3.81. The number of piperidine rings is 1. The Bertz CT molecular complexity index is 518. The molecule has 0 bridgehead atoms. The van der Waals surface area contributed by atoms with Crippen molar-refractivity contribution in [2.45, 2.75) is 44.7 Å². The van der Waals surface area contributed by atoms with E-state index in [-0.39, 0.29) is 10.6 Å². The molecule has 108 valence electrons. The minimum Gasteiger partial charge on any atom is -0.398 e. The van der Waals surface area contributed by atoms with Crippen LogP contribution in [0.2, 0.25) is 0 Å². The molecule has 0 amide bonds. The van der Waals surface area contributed by atoms with E-state index in [2.05, 4.69) is 4.90 Å². The molecule has 1 heterocycles. The summed E-state index contributed by atoms with van der Waals surface area (Å²) in [5.41, 5.74) is 7.69. The average molecular weight is 275 g/mol. The van der Waals surface area contributed by atoms with Crippen molar-refractivity contribution < 1.29 is 4.92 Å². The van der Waals surface area contributed by atoms with Gasteiger partial charge in [-0.25, -0.2) is 0 Å². The van der Waals surface area contributed by atoms with Crippen LogP contribution in [-0.2, 0) is 6.54 Å². The number of benzene rings is 1. The van der Waals surface area contributed by atoms with Gasteiger partial charge in [0.15, 0.2) is 0 Å². The SMILES string of the molecule is Nc1ccc([N+](=O)[O-])cc1CN1CCCC2CCCC21. The molecule has 1 saturated heterocycles. The number of likely N-dealkylation sites (tertiary alicyclic amines) is 1. The van der Waals surface area contributed by atoms with Crippen molar-refractivity contribution in [1.82, 2.24) is 4.90 Å². The molecule has 0 aromatic heterocycles. The molecular formula is C15H21N3O2. The van der Waals surface area contributed by atoms with Gasteiger partial charge in [0.1, 0.15) is 0 Å². The monoisotopic (exact) mass is 275 g/mol. The van der Waals surface area contributed by atoms with Crippen LogP contribution in [0.25, 0.3) is 0 Å².